The first kappa shape index (κ1) is 18.7. The Balaban J connectivity index is 1.81. The van der Waals surface area contributed by atoms with E-state index in [-0.39, 0.29) is 11.5 Å². The Morgan fingerprint density at radius 2 is 2.00 bits per heavy atom. The van der Waals surface area contributed by atoms with Crippen LogP contribution in [0.4, 0.5) is 0 Å². The van der Waals surface area contributed by atoms with Crippen LogP contribution in [-0.2, 0) is 11.3 Å². The smallest absolute Gasteiger partial charge is 0.262 e. The lowest BCUT2D eigenvalue weighted by Crippen LogP contribution is -2.43. The highest BCUT2D eigenvalue weighted by Gasteiger charge is 2.25. The fraction of sp³-hybridized carbons (Fsp3) is 0.450. The fourth-order valence-corrected chi connectivity index (χ4v) is 4.54. The normalized spacial score (nSPS) is 20.3. The maximum absolute atomic E-state index is 12.7. The Bertz CT molecular complexity index is 867. The summed E-state index contributed by atoms with van der Waals surface area (Å²) in [5.41, 5.74) is 0.568. The molecule has 1 saturated heterocycles. The van der Waals surface area contributed by atoms with Crippen molar-refractivity contribution in [3.05, 3.63) is 47.3 Å². The molecule has 0 bridgehead atoms. The number of carbonyl (C=O) groups is 1. The minimum Gasteiger partial charge on any atom is -0.341 e. The second-order valence-corrected chi connectivity index (χ2v) is 8.09. The van der Waals surface area contributed by atoms with Crippen LogP contribution in [0.2, 0.25) is 0 Å². The minimum absolute atomic E-state index is 0.0920. The first-order valence-corrected chi connectivity index (χ1v) is 9.99. The molecule has 2 aromatic rings. The van der Waals surface area contributed by atoms with Crippen molar-refractivity contribution in [1.29, 1.82) is 0 Å². The molecule has 138 valence electrons. The molecule has 1 aromatic carbocycles. The highest BCUT2D eigenvalue weighted by Crippen LogP contribution is 2.23. The summed E-state index contributed by atoms with van der Waals surface area (Å²) in [6.45, 7) is 10.1. The maximum atomic E-state index is 12.7. The van der Waals surface area contributed by atoms with Gasteiger partial charge in [0.1, 0.15) is 0 Å². The van der Waals surface area contributed by atoms with Gasteiger partial charge in [0.2, 0.25) is 5.91 Å². The number of fused-ring (bicyclic) bond motifs is 1. The third-order valence-corrected chi connectivity index (χ3v) is 5.65. The van der Waals surface area contributed by atoms with E-state index >= 15 is 0 Å². The Kier molecular flexibility index (Phi) is 5.81. The quantitative estimate of drug-likeness (QED) is 0.460. The van der Waals surface area contributed by atoms with Gasteiger partial charge in [-0.05, 0) is 30.4 Å². The number of carbonyl (C=O) groups excluding carboxylic acids is 1. The van der Waals surface area contributed by atoms with E-state index in [4.69, 9.17) is 0 Å². The molecule has 0 N–H and O–H groups in total. The lowest BCUT2D eigenvalue weighted by atomic mass is 9.92. The van der Waals surface area contributed by atoms with E-state index < -0.39 is 0 Å². The number of nitrogens with zero attached hydrogens (tertiary/aromatic N) is 3. The molecule has 0 unspecified atom stereocenters. The summed E-state index contributed by atoms with van der Waals surface area (Å²) >= 11 is 1.33. The molecule has 2 atom stereocenters. The Morgan fingerprint density at radius 1 is 1.31 bits per heavy atom. The van der Waals surface area contributed by atoms with Gasteiger partial charge >= 0.3 is 0 Å². The van der Waals surface area contributed by atoms with Crippen molar-refractivity contribution in [2.24, 2.45) is 11.8 Å². The van der Waals surface area contributed by atoms with Crippen molar-refractivity contribution in [2.45, 2.75) is 32.0 Å². The first-order chi connectivity index (χ1) is 12.5. The molecule has 0 spiro atoms. The van der Waals surface area contributed by atoms with Crippen molar-refractivity contribution >= 4 is 28.6 Å². The summed E-state index contributed by atoms with van der Waals surface area (Å²) in [4.78, 5) is 31.9. The predicted octanol–water partition coefficient (Wildman–Crippen LogP) is 3.18. The molecule has 1 fully saturated rings. The molecule has 0 aliphatic carbocycles. The van der Waals surface area contributed by atoms with Crippen molar-refractivity contribution in [1.82, 2.24) is 14.5 Å². The highest BCUT2D eigenvalue weighted by molar-refractivity contribution is 7.99. The van der Waals surface area contributed by atoms with Gasteiger partial charge in [-0.2, -0.15) is 0 Å². The molecule has 1 aliphatic heterocycles. The van der Waals surface area contributed by atoms with E-state index in [1.165, 1.54) is 18.2 Å². The maximum Gasteiger partial charge on any atom is 0.262 e. The van der Waals surface area contributed by atoms with Crippen LogP contribution in [-0.4, -0.2) is 39.2 Å². The zero-order valence-corrected chi connectivity index (χ0v) is 16.2. The van der Waals surface area contributed by atoms with E-state index in [0.29, 0.717) is 40.2 Å². The number of piperidine rings is 1. The molecule has 1 aromatic heterocycles. The van der Waals surface area contributed by atoms with Crippen LogP contribution in [0.25, 0.3) is 10.9 Å². The van der Waals surface area contributed by atoms with Gasteiger partial charge in [-0.15, -0.1) is 6.58 Å². The molecule has 1 amide bonds. The number of rotatable bonds is 5. The van der Waals surface area contributed by atoms with E-state index in [1.54, 1.807) is 16.7 Å². The van der Waals surface area contributed by atoms with Crippen LogP contribution >= 0.6 is 11.8 Å². The van der Waals surface area contributed by atoms with Crippen molar-refractivity contribution < 1.29 is 4.79 Å². The SMILES string of the molecule is C=CCn1c(SCC(=O)N2C[C@H](C)C[C@@H](C)C2)nc2ccccc2c1=O. The summed E-state index contributed by atoms with van der Waals surface area (Å²) in [5, 5.41) is 1.16. The van der Waals surface area contributed by atoms with Gasteiger partial charge in [0.05, 0.1) is 16.7 Å². The Hall–Kier alpha value is -2.08. The fourth-order valence-electron chi connectivity index (χ4n) is 3.63. The first-order valence-electron chi connectivity index (χ1n) is 9.00. The molecule has 1 aliphatic rings. The van der Waals surface area contributed by atoms with Gasteiger partial charge in [-0.1, -0.05) is 43.8 Å². The molecule has 2 heterocycles. The number of benzene rings is 1. The number of allylic oxidation sites excluding steroid dienone is 1. The lowest BCUT2D eigenvalue weighted by Gasteiger charge is -2.35. The van der Waals surface area contributed by atoms with Crippen LogP contribution in [0, 0.1) is 11.8 Å². The van der Waals surface area contributed by atoms with Gasteiger partial charge < -0.3 is 4.90 Å². The summed E-state index contributed by atoms with van der Waals surface area (Å²) in [5.74, 6) is 1.47. The third-order valence-electron chi connectivity index (χ3n) is 4.68. The third kappa shape index (κ3) is 4.01. The molecule has 5 nitrogen and oxygen atoms in total. The van der Waals surface area contributed by atoms with Gasteiger partial charge in [0.25, 0.3) is 5.56 Å². The largest absolute Gasteiger partial charge is 0.341 e. The highest BCUT2D eigenvalue weighted by atomic mass is 32.2. The number of para-hydroxylation sites is 1. The zero-order chi connectivity index (χ0) is 18.7. The predicted molar refractivity (Wildman–Crippen MR) is 106 cm³/mol. The lowest BCUT2D eigenvalue weighted by molar-refractivity contribution is -0.130. The molecule has 0 radical (unpaired) electrons. The van der Waals surface area contributed by atoms with Gasteiger partial charge in [-0.25, -0.2) is 4.98 Å². The Labute approximate surface area is 158 Å². The number of amides is 1. The second-order valence-electron chi connectivity index (χ2n) is 7.15. The summed E-state index contributed by atoms with van der Waals surface area (Å²) in [6.07, 6.45) is 2.85. The van der Waals surface area contributed by atoms with Crippen LogP contribution in [0.3, 0.4) is 0 Å². The van der Waals surface area contributed by atoms with E-state index in [0.717, 1.165) is 13.1 Å². The topological polar surface area (TPSA) is 55.2 Å². The summed E-state index contributed by atoms with van der Waals surface area (Å²) in [7, 11) is 0. The van der Waals surface area contributed by atoms with Gasteiger partial charge in [0, 0.05) is 19.6 Å². The number of hydrogen-bond donors (Lipinski definition) is 0. The van der Waals surface area contributed by atoms with Crippen LogP contribution in [0.5, 0.6) is 0 Å². The van der Waals surface area contributed by atoms with Gasteiger partial charge in [-0.3, -0.25) is 14.2 Å². The monoisotopic (exact) mass is 371 g/mol. The van der Waals surface area contributed by atoms with Crippen molar-refractivity contribution in [3.8, 4) is 0 Å². The molecule has 26 heavy (non-hydrogen) atoms. The van der Waals surface area contributed by atoms with E-state index in [9.17, 15) is 9.59 Å². The van der Waals surface area contributed by atoms with Crippen LogP contribution in [0.1, 0.15) is 20.3 Å². The number of thioether (sulfide) groups is 1. The molecule has 3 rings (SSSR count). The van der Waals surface area contributed by atoms with Gasteiger partial charge in [0.15, 0.2) is 5.16 Å². The average molecular weight is 372 g/mol. The number of aromatic nitrogens is 2. The second kappa shape index (κ2) is 8.08. The van der Waals surface area contributed by atoms with Crippen LogP contribution in [0.15, 0.2) is 46.9 Å². The summed E-state index contributed by atoms with van der Waals surface area (Å²) in [6, 6.07) is 7.30. The summed E-state index contributed by atoms with van der Waals surface area (Å²) < 4.78 is 1.59. The Morgan fingerprint density at radius 3 is 2.69 bits per heavy atom. The molecular formula is C20H25N3O2S. The number of hydrogen-bond acceptors (Lipinski definition) is 4. The van der Waals surface area contributed by atoms with E-state index in [2.05, 4.69) is 25.4 Å². The van der Waals surface area contributed by atoms with E-state index in [1.807, 2.05) is 23.1 Å². The molecule has 6 heteroatoms. The molecule has 0 saturated carbocycles. The van der Waals surface area contributed by atoms with Crippen molar-refractivity contribution in [3.63, 3.8) is 0 Å². The zero-order valence-electron chi connectivity index (χ0n) is 15.4. The van der Waals surface area contributed by atoms with Crippen LogP contribution < -0.4 is 5.56 Å². The van der Waals surface area contributed by atoms with Crippen molar-refractivity contribution in [2.75, 3.05) is 18.8 Å². The minimum atomic E-state index is -0.0920. The standard InChI is InChI=1S/C20H25N3O2S/c1-4-9-23-19(25)16-7-5-6-8-17(16)21-20(23)26-13-18(24)22-11-14(2)10-15(3)12-22/h4-8,14-15H,1,9-13H2,2-3H3/t14-,15-/m1/s1. The average Bonchev–Trinajstić information content (AvgIpc) is 2.61. The number of likely N-dealkylation sites (tertiary alicyclic amines) is 1. The molecular weight excluding hydrogens is 346 g/mol.